The predicted octanol–water partition coefficient (Wildman–Crippen LogP) is 3.17. The molecule has 0 aliphatic heterocycles. The van der Waals surface area contributed by atoms with Gasteiger partial charge in [0.15, 0.2) is 5.82 Å². The normalized spacial score (nSPS) is 10.3. The highest BCUT2D eigenvalue weighted by molar-refractivity contribution is 5.97. The molecule has 0 unspecified atom stereocenters. The fraction of sp³-hybridized carbons (Fsp3) is 0. The van der Waals surface area contributed by atoms with E-state index in [1.165, 1.54) is 0 Å². The maximum atomic E-state index is 11.7. The van der Waals surface area contributed by atoms with E-state index in [4.69, 9.17) is 4.74 Å². The van der Waals surface area contributed by atoms with Gasteiger partial charge in [-0.15, -0.1) is 0 Å². The Hall–Kier alpha value is -2.82. The molecule has 5 heteroatoms. The monoisotopic (exact) mass is 253 g/mol. The Bertz CT molecular complexity index is 707. The van der Waals surface area contributed by atoms with E-state index < -0.39 is 6.09 Å². The van der Waals surface area contributed by atoms with E-state index in [2.05, 4.69) is 15.5 Å². The lowest BCUT2D eigenvalue weighted by molar-refractivity contribution is 0.215. The van der Waals surface area contributed by atoms with E-state index in [1.807, 2.05) is 30.3 Å². The number of carbonyl (C=O) groups excluding carboxylic acids is 1. The van der Waals surface area contributed by atoms with Crippen molar-refractivity contribution in [3.05, 3.63) is 54.6 Å². The van der Waals surface area contributed by atoms with Crippen LogP contribution in [-0.2, 0) is 0 Å². The highest BCUT2D eigenvalue weighted by Gasteiger charge is 2.10. The Morgan fingerprint density at radius 3 is 2.63 bits per heavy atom. The standard InChI is InChI=1S/C14H11N3O2/c18-14(19-10-6-2-1-3-7-10)15-13-11-8-4-5-9-12(11)16-17-13/h1-9H,(H2,15,16,17,18). The molecule has 0 aliphatic rings. The molecule has 1 aromatic heterocycles. The summed E-state index contributed by atoms with van der Waals surface area (Å²) in [6.07, 6.45) is -0.566. The second kappa shape index (κ2) is 4.81. The van der Waals surface area contributed by atoms with Gasteiger partial charge in [-0.3, -0.25) is 10.4 Å². The Morgan fingerprint density at radius 1 is 1.05 bits per heavy atom. The van der Waals surface area contributed by atoms with Crippen molar-refractivity contribution >= 4 is 22.8 Å². The molecule has 3 rings (SSSR count). The minimum atomic E-state index is -0.566. The van der Waals surface area contributed by atoms with Crippen LogP contribution in [0.4, 0.5) is 10.6 Å². The van der Waals surface area contributed by atoms with E-state index in [1.54, 1.807) is 24.3 Å². The minimum absolute atomic E-state index is 0.455. The number of para-hydroxylation sites is 2. The van der Waals surface area contributed by atoms with E-state index in [-0.39, 0.29) is 0 Å². The van der Waals surface area contributed by atoms with Gasteiger partial charge in [-0.1, -0.05) is 30.3 Å². The number of rotatable bonds is 2. The van der Waals surface area contributed by atoms with Gasteiger partial charge in [0.1, 0.15) is 5.75 Å². The molecule has 0 radical (unpaired) electrons. The molecule has 19 heavy (non-hydrogen) atoms. The largest absolute Gasteiger partial charge is 0.418 e. The SMILES string of the molecule is O=C(Nc1n[nH]c2ccccc12)Oc1ccccc1. The van der Waals surface area contributed by atoms with Crippen molar-refractivity contribution < 1.29 is 9.53 Å². The molecule has 0 aliphatic carbocycles. The molecule has 3 aromatic rings. The molecule has 0 spiro atoms. The zero-order valence-corrected chi connectivity index (χ0v) is 9.96. The van der Waals surface area contributed by atoms with E-state index in [9.17, 15) is 4.79 Å². The first-order chi connectivity index (χ1) is 9.33. The summed E-state index contributed by atoms with van der Waals surface area (Å²) in [7, 11) is 0. The average Bonchev–Trinajstić information content (AvgIpc) is 2.83. The molecule has 0 bridgehead atoms. The second-order valence-electron chi connectivity index (χ2n) is 3.95. The second-order valence-corrected chi connectivity index (χ2v) is 3.95. The summed E-state index contributed by atoms with van der Waals surface area (Å²) < 4.78 is 5.13. The van der Waals surface area contributed by atoms with Crippen molar-refractivity contribution in [3.63, 3.8) is 0 Å². The summed E-state index contributed by atoms with van der Waals surface area (Å²) in [4.78, 5) is 11.7. The molecule has 0 fully saturated rings. The van der Waals surface area contributed by atoms with Crippen LogP contribution in [0.2, 0.25) is 0 Å². The third kappa shape index (κ3) is 2.40. The van der Waals surface area contributed by atoms with Gasteiger partial charge < -0.3 is 4.74 Å². The molecule has 2 aromatic carbocycles. The number of hydrogen-bond acceptors (Lipinski definition) is 3. The number of ether oxygens (including phenoxy) is 1. The fourth-order valence-corrected chi connectivity index (χ4v) is 1.78. The quantitative estimate of drug-likeness (QED) is 0.737. The first-order valence-electron chi connectivity index (χ1n) is 5.80. The number of nitrogens with zero attached hydrogens (tertiary/aromatic N) is 1. The van der Waals surface area contributed by atoms with E-state index in [0.29, 0.717) is 11.6 Å². The van der Waals surface area contributed by atoms with Gasteiger partial charge in [-0.05, 0) is 24.3 Å². The zero-order chi connectivity index (χ0) is 13.1. The van der Waals surface area contributed by atoms with Gasteiger partial charge in [-0.2, -0.15) is 5.10 Å². The smallest absolute Gasteiger partial charge is 0.410 e. The van der Waals surface area contributed by atoms with Crippen LogP contribution in [0.1, 0.15) is 0 Å². The van der Waals surface area contributed by atoms with Crippen molar-refractivity contribution in [1.82, 2.24) is 10.2 Å². The molecule has 0 saturated carbocycles. The Labute approximate surface area is 109 Å². The third-order valence-corrected chi connectivity index (χ3v) is 2.64. The lowest BCUT2D eigenvalue weighted by atomic mass is 10.2. The molecular weight excluding hydrogens is 242 g/mol. The van der Waals surface area contributed by atoms with E-state index >= 15 is 0 Å². The first kappa shape index (κ1) is 11.3. The topological polar surface area (TPSA) is 67.0 Å². The molecular formula is C14H11N3O2. The molecule has 1 amide bonds. The fourth-order valence-electron chi connectivity index (χ4n) is 1.78. The van der Waals surface area contributed by atoms with Crippen LogP contribution in [0.5, 0.6) is 5.75 Å². The zero-order valence-electron chi connectivity index (χ0n) is 9.96. The number of H-pyrrole nitrogens is 1. The van der Waals surface area contributed by atoms with Crippen LogP contribution in [0.3, 0.4) is 0 Å². The van der Waals surface area contributed by atoms with Gasteiger partial charge >= 0.3 is 6.09 Å². The molecule has 94 valence electrons. The average molecular weight is 253 g/mol. The number of anilines is 1. The molecule has 0 saturated heterocycles. The van der Waals surface area contributed by atoms with Crippen molar-refractivity contribution in [2.45, 2.75) is 0 Å². The van der Waals surface area contributed by atoms with Crippen LogP contribution >= 0.6 is 0 Å². The van der Waals surface area contributed by atoms with Crippen LogP contribution in [-0.4, -0.2) is 16.3 Å². The van der Waals surface area contributed by atoms with Gasteiger partial charge in [0.05, 0.1) is 5.52 Å². The van der Waals surface area contributed by atoms with Crippen LogP contribution < -0.4 is 10.1 Å². The van der Waals surface area contributed by atoms with Crippen LogP contribution in [0.15, 0.2) is 54.6 Å². The molecule has 1 heterocycles. The van der Waals surface area contributed by atoms with Crippen LogP contribution in [0.25, 0.3) is 10.9 Å². The minimum Gasteiger partial charge on any atom is -0.410 e. The van der Waals surface area contributed by atoms with Gasteiger partial charge in [0, 0.05) is 5.39 Å². The highest BCUT2D eigenvalue weighted by atomic mass is 16.6. The first-order valence-corrected chi connectivity index (χ1v) is 5.80. The third-order valence-electron chi connectivity index (χ3n) is 2.64. The van der Waals surface area contributed by atoms with Crippen molar-refractivity contribution in [2.24, 2.45) is 0 Å². The Morgan fingerprint density at radius 2 is 1.79 bits per heavy atom. The number of aromatic amines is 1. The number of aromatic nitrogens is 2. The summed E-state index contributed by atoms with van der Waals surface area (Å²) in [6, 6.07) is 16.4. The molecule has 0 atom stereocenters. The maximum absolute atomic E-state index is 11.7. The molecule has 5 nitrogen and oxygen atoms in total. The Kier molecular flexibility index (Phi) is 2.86. The molecule has 2 N–H and O–H groups in total. The number of benzene rings is 2. The van der Waals surface area contributed by atoms with E-state index in [0.717, 1.165) is 10.9 Å². The summed E-state index contributed by atoms with van der Waals surface area (Å²) in [6.45, 7) is 0. The van der Waals surface area contributed by atoms with Crippen molar-refractivity contribution in [2.75, 3.05) is 5.32 Å². The summed E-state index contributed by atoms with van der Waals surface area (Å²) in [5, 5.41) is 10.3. The summed E-state index contributed by atoms with van der Waals surface area (Å²) >= 11 is 0. The number of carbonyl (C=O) groups is 1. The van der Waals surface area contributed by atoms with Crippen LogP contribution in [0, 0.1) is 0 Å². The maximum Gasteiger partial charge on any atom is 0.418 e. The number of hydrogen-bond donors (Lipinski definition) is 2. The Balaban J connectivity index is 1.76. The van der Waals surface area contributed by atoms with Gasteiger partial charge in [-0.25, -0.2) is 4.79 Å². The van der Waals surface area contributed by atoms with Gasteiger partial charge in [0.25, 0.3) is 0 Å². The van der Waals surface area contributed by atoms with Crippen molar-refractivity contribution in [1.29, 1.82) is 0 Å². The number of amides is 1. The number of nitrogens with one attached hydrogen (secondary N) is 2. The lowest BCUT2D eigenvalue weighted by Gasteiger charge is -2.04. The predicted molar refractivity (Wildman–Crippen MR) is 72.2 cm³/mol. The van der Waals surface area contributed by atoms with Gasteiger partial charge in [0.2, 0.25) is 0 Å². The lowest BCUT2D eigenvalue weighted by Crippen LogP contribution is -2.17. The summed E-state index contributed by atoms with van der Waals surface area (Å²) in [5.74, 6) is 0.941. The number of fused-ring (bicyclic) bond motifs is 1. The summed E-state index contributed by atoms with van der Waals surface area (Å²) in [5.41, 5.74) is 0.859. The van der Waals surface area contributed by atoms with Crippen molar-refractivity contribution in [3.8, 4) is 5.75 Å². The highest BCUT2D eigenvalue weighted by Crippen LogP contribution is 2.20.